The fourth-order valence-electron chi connectivity index (χ4n) is 2.83. The maximum Gasteiger partial charge on any atom is 0.309 e. The first-order valence-electron chi connectivity index (χ1n) is 7.03. The molecule has 0 atom stereocenters. The van der Waals surface area contributed by atoms with Gasteiger partial charge in [0.25, 0.3) is 0 Å². The van der Waals surface area contributed by atoms with Crippen LogP contribution in [-0.4, -0.2) is 29.1 Å². The summed E-state index contributed by atoms with van der Waals surface area (Å²) >= 11 is 12.7. The average molecular weight is 336 g/mol. The Morgan fingerprint density at radius 2 is 1.45 bits per heavy atom. The Morgan fingerprint density at radius 3 is 1.86 bits per heavy atom. The van der Waals surface area contributed by atoms with Gasteiger partial charge < -0.3 is 5.11 Å². The van der Waals surface area contributed by atoms with E-state index in [0.29, 0.717) is 23.1 Å². The highest BCUT2D eigenvalue weighted by Gasteiger charge is 2.39. The zero-order valence-corrected chi connectivity index (χ0v) is 13.3. The molecule has 2 aromatic carbocycles. The lowest BCUT2D eigenvalue weighted by atomic mass is 9.90. The maximum atomic E-state index is 11.1. The molecular weight excluding hydrogens is 321 g/mol. The molecular formula is C17H15Cl2NO2. The Kier molecular flexibility index (Phi) is 4.39. The molecule has 2 aromatic rings. The highest BCUT2D eigenvalue weighted by molar-refractivity contribution is 6.32. The number of hydrogen-bond acceptors (Lipinski definition) is 2. The molecule has 0 radical (unpaired) electrons. The van der Waals surface area contributed by atoms with Crippen molar-refractivity contribution in [3.8, 4) is 0 Å². The Bertz CT molecular complexity index is 653. The van der Waals surface area contributed by atoms with E-state index in [-0.39, 0.29) is 12.0 Å². The van der Waals surface area contributed by atoms with Gasteiger partial charge in [0.15, 0.2) is 0 Å². The summed E-state index contributed by atoms with van der Waals surface area (Å²) in [6.07, 6.45) is 0. The van der Waals surface area contributed by atoms with Crippen LogP contribution in [0.25, 0.3) is 0 Å². The molecule has 22 heavy (non-hydrogen) atoms. The largest absolute Gasteiger partial charge is 0.481 e. The van der Waals surface area contributed by atoms with E-state index in [1.807, 2.05) is 48.5 Å². The van der Waals surface area contributed by atoms with E-state index in [9.17, 15) is 4.79 Å². The number of carboxylic acids is 1. The van der Waals surface area contributed by atoms with E-state index in [1.54, 1.807) is 0 Å². The summed E-state index contributed by atoms with van der Waals surface area (Å²) in [5.74, 6) is -1.08. The second-order valence-electron chi connectivity index (χ2n) is 5.43. The van der Waals surface area contributed by atoms with Crippen LogP contribution >= 0.6 is 23.2 Å². The predicted octanol–water partition coefficient (Wildman–Crippen LogP) is 4.10. The third-order valence-corrected chi connectivity index (χ3v) is 4.71. The van der Waals surface area contributed by atoms with E-state index < -0.39 is 5.97 Å². The van der Waals surface area contributed by atoms with Gasteiger partial charge in [-0.3, -0.25) is 9.69 Å². The Morgan fingerprint density at radius 1 is 1.00 bits per heavy atom. The number of carboxylic acid groups (broad SMARTS) is 1. The number of aliphatic carboxylic acids is 1. The second-order valence-corrected chi connectivity index (χ2v) is 6.25. The van der Waals surface area contributed by atoms with Crippen LogP contribution in [0.2, 0.25) is 10.0 Å². The second kappa shape index (κ2) is 6.29. The molecule has 0 spiro atoms. The number of likely N-dealkylation sites (tertiary alicyclic amines) is 1. The first kappa shape index (κ1) is 15.3. The highest BCUT2D eigenvalue weighted by Crippen LogP contribution is 2.39. The van der Waals surface area contributed by atoms with Gasteiger partial charge in [0, 0.05) is 23.1 Å². The minimum atomic E-state index is -0.756. The van der Waals surface area contributed by atoms with Crippen molar-refractivity contribution in [1.29, 1.82) is 0 Å². The zero-order valence-electron chi connectivity index (χ0n) is 11.7. The van der Waals surface area contributed by atoms with Gasteiger partial charge >= 0.3 is 5.97 Å². The smallest absolute Gasteiger partial charge is 0.309 e. The fraction of sp³-hybridized carbons (Fsp3) is 0.235. The molecule has 1 saturated heterocycles. The molecule has 1 aliphatic rings. The van der Waals surface area contributed by atoms with Crippen molar-refractivity contribution in [2.45, 2.75) is 6.04 Å². The summed E-state index contributed by atoms with van der Waals surface area (Å²) in [5, 5.41) is 10.4. The first-order valence-corrected chi connectivity index (χ1v) is 7.79. The number of carbonyl (C=O) groups is 1. The van der Waals surface area contributed by atoms with Crippen molar-refractivity contribution < 1.29 is 9.90 Å². The first-order chi connectivity index (χ1) is 10.6. The van der Waals surface area contributed by atoms with Crippen LogP contribution in [0.15, 0.2) is 48.5 Å². The van der Waals surface area contributed by atoms with Gasteiger partial charge in [-0.05, 0) is 23.3 Å². The highest BCUT2D eigenvalue weighted by atomic mass is 35.5. The van der Waals surface area contributed by atoms with Crippen LogP contribution in [0.1, 0.15) is 17.2 Å². The third kappa shape index (κ3) is 2.84. The van der Waals surface area contributed by atoms with E-state index in [4.69, 9.17) is 28.3 Å². The lowest BCUT2D eigenvalue weighted by molar-refractivity contribution is -0.148. The summed E-state index contributed by atoms with van der Waals surface area (Å²) in [6, 6.07) is 15.1. The van der Waals surface area contributed by atoms with Gasteiger partial charge in [-0.25, -0.2) is 0 Å². The molecule has 0 amide bonds. The molecule has 1 fully saturated rings. The van der Waals surface area contributed by atoms with Gasteiger partial charge in [0.2, 0.25) is 0 Å². The van der Waals surface area contributed by atoms with Gasteiger partial charge in [-0.15, -0.1) is 0 Å². The third-order valence-electron chi connectivity index (χ3n) is 4.02. The molecule has 0 aromatic heterocycles. The normalized spacial score (nSPS) is 15.8. The molecule has 0 aliphatic carbocycles. The number of benzene rings is 2. The van der Waals surface area contributed by atoms with Crippen LogP contribution in [0.3, 0.4) is 0 Å². The molecule has 5 heteroatoms. The summed E-state index contributed by atoms with van der Waals surface area (Å²) in [6.45, 7) is 0.993. The van der Waals surface area contributed by atoms with E-state index >= 15 is 0 Å². The SMILES string of the molecule is O=C(O)C1CN(C(c2ccccc2Cl)c2ccccc2Cl)C1. The lowest BCUT2D eigenvalue weighted by Crippen LogP contribution is -2.52. The van der Waals surface area contributed by atoms with Gasteiger partial charge in [0.1, 0.15) is 0 Å². The summed E-state index contributed by atoms with van der Waals surface area (Å²) < 4.78 is 0. The van der Waals surface area contributed by atoms with Crippen LogP contribution < -0.4 is 0 Å². The molecule has 114 valence electrons. The molecule has 3 rings (SSSR count). The maximum absolute atomic E-state index is 11.1. The molecule has 1 N–H and O–H groups in total. The van der Waals surface area contributed by atoms with Gasteiger partial charge in [0.05, 0.1) is 12.0 Å². The van der Waals surface area contributed by atoms with Crippen molar-refractivity contribution in [2.75, 3.05) is 13.1 Å². The van der Waals surface area contributed by atoms with Crippen molar-refractivity contribution in [1.82, 2.24) is 4.90 Å². The molecule has 0 saturated carbocycles. The number of halogens is 2. The van der Waals surface area contributed by atoms with E-state index in [0.717, 1.165) is 11.1 Å². The Hall–Kier alpha value is -1.55. The molecule has 1 aliphatic heterocycles. The lowest BCUT2D eigenvalue weighted by Gasteiger charge is -2.43. The monoisotopic (exact) mass is 335 g/mol. The van der Waals surface area contributed by atoms with Gasteiger partial charge in [-0.1, -0.05) is 59.6 Å². The number of hydrogen-bond donors (Lipinski definition) is 1. The van der Waals surface area contributed by atoms with Crippen LogP contribution in [0.5, 0.6) is 0 Å². The summed E-state index contributed by atoms with van der Waals surface area (Å²) in [4.78, 5) is 13.2. The Balaban J connectivity index is 1.99. The molecule has 3 nitrogen and oxygen atoms in total. The van der Waals surface area contributed by atoms with Crippen LogP contribution in [-0.2, 0) is 4.79 Å². The zero-order chi connectivity index (χ0) is 15.7. The average Bonchev–Trinajstić information content (AvgIpc) is 2.44. The van der Waals surface area contributed by atoms with Crippen molar-refractivity contribution in [3.05, 3.63) is 69.7 Å². The topological polar surface area (TPSA) is 40.5 Å². The van der Waals surface area contributed by atoms with Crippen LogP contribution in [0.4, 0.5) is 0 Å². The summed E-state index contributed by atoms with van der Waals surface area (Å²) in [5.41, 5.74) is 1.89. The quantitative estimate of drug-likeness (QED) is 0.914. The minimum Gasteiger partial charge on any atom is -0.481 e. The van der Waals surface area contributed by atoms with E-state index in [1.165, 1.54) is 0 Å². The number of nitrogens with zero attached hydrogens (tertiary/aromatic N) is 1. The van der Waals surface area contributed by atoms with E-state index in [2.05, 4.69) is 4.90 Å². The van der Waals surface area contributed by atoms with Gasteiger partial charge in [-0.2, -0.15) is 0 Å². The molecule has 1 heterocycles. The van der Waals surface area contributed by atoms with Crippen molar-refractivity contribution in [2.24, 2.45) is 5.92 Å². The fourth-order valence-corrected chi connectivity index (χ4v) is 3.31. The molecule has 0 bridgehead atoms. The minimum absolute atomic E-state index is 0.127. The standard InChI is InChI=1S/C17H15Cl2NO2/c18-14-7-3-1-5-12(14)16(13-6-2-4-8-15(13)19)20-9-11(10-20)17(21)22/h1-8,11,16H,9-10H2,(H,21,22). The van der Waals surface area contributed by atoms with Crippen LogP contribution in [0, 0.1) is 5.92 Å². The van der Waals surface area contributed by atoms with Crippen molar-refractivity contribution >= 4 is 29.2 Å². The van der Waals surface area contributed by atoms with Crippen molar-refractivity contribution in [3.63, 3.8) is 0 Å². The Labute approximate surface area is 139 Å². The molecule has 0 unspecified atom stereocenters. The summed E-state index contributed by atoms with van der Waals surface area (Å²) in [7, 11) is 0. The number of rotatable bonds is 4. The predicted molar refractivity (Wildman–Crippen MR) is 87.4 cm³/mol.